The van der Waals surface area contributed by atoms with Gasteiger partial charge in [-0.2, -0.15) is 23.4 Å². The summed E-state index contributed by atoms with van der Waals surface area (Å²) in [6.45, 7) is 1.09. The quantitative estimate of drug-likeness (QED) is 0.588. The Morgan fingerprint density at radius 3 is 2.94 bits per heavy atom. The van der Waals surface area contributed by atoms with Crippen molar-refractivity contribution in [3.8, 4) is 6.07 Å². The number of benzene rings is 1. The monoisotopic (exact) mass is 473 g/mol. The third-order valence-electron chi connectivity index (χ3n) is 5.74. The van der Waals surface area contributed by atoms with Crippen LogP contribution < -0.4 is 16.0 Å². The highest BCUT2D eigenvalue weighted by Crippen LogP contribution is 2.35. The number of fused-ring (bicyclic) bond motifs is 1. The van der Waals surface area contributed by atoms with Gasteiger partial charge >= 0.3 is 6.18 Å². The highest BCUT2D eigenvalue weighted by atomic mass is 19.4. The summed E-state index contributed by atoms with van der Waals surface area (Å²) in [5, 5.41) is 17.1. The Hall–Kier alpha value is -3.88. The summed E-state index contributed by atoms with van der Waals surface area (Å²) >= 11 is 0. The number of alkyl halides is 3. The second-order valence-corrected chi connectivity index (χ2v) is 8.24. The molecule has 0 saturated carbocycles. The molecular formula is C22H22F3N7O2. The van der Waals surface area contributed by atoms with Crippen molar-refractivity contribution >= 4 is 35.0 Å². The molecular weight excluding hydrogens is 451 g/mol. The fourth-order valence-electron chi connectivity index (χ4n) is 4.10. The van der Waals surface area contributed by atoms with Crippen molar-refractivity contribution in [1.29, 1.82) is 5.26 Å². The number of carbonyl (C=O) groups excluding carboxylic acids is 2. The van der Waals surface area contributed by atoms with E-state index in [9.17, 15) is 22.8 Å². The number of nitriles is 1. The number of likely N-dealkylation sites (tertiary alicyclic amines) is 1. The van der Waals surface area contributed by atoms with Gasteiger partial charge in [-0.05, 0) is 42.5 Å². The molecule has 3 heterocycles. The molecule has 0 radical (unpaired) electrons. The van der Waals surface area contributed by atoms with E-state index in [4.69, 9.17) is 5.26 Å². The van der Waals surface area contributed by atoms with E-state index in [0.717, 1.165) is 18.2 Å². The topological polar surface area (TPSA) is 123 Å². The molecule has 2 aliphatic rings. The molecule has 1 aromatic carbocycles. The zero-order chi connectivity index (χ0) is 24.3. The van der Waals surface area contributed by atoms with Crippen LogP contribution in [0.25, 0.3) is 0 Å². The maximum absolute atomic E-state index is 13.5. The van der Waals surface area contributed by atoms with Crippen molar-refractivity contribution in [1.82, 2.24) is 14.9 Å². The van der Waals surface area contributed by atoms with Gasteiger partial charge in [-0.3, -0.25) is 9.59 Å². The number of hydrogen-bond acceptors (Lipinski definition) is 7. The van der Waals surface area contributed by atoms with Crippen LogP contribution in [0.1, 0.15) is 30.4 Å². The van der Waals surface area contributed by atoms with Crippen LogP contribution in [0.2, 0.25) is 0 Å². The van der Waals surface area contributed by atoms with Gasteiger partial charge in [0.1, 0.15) is 17.8 Å². The largest absolute Gasteiger partial charge is 0.421 e. The molecule has 12 heteroatoms. The molecule has 0 bridgehead atoms. The molecule has 2 amide bonds. The molecule has 34 heavy (non-hydrogen) atoms. The van der Waals surface area contributed by atoms with Crippen LogP contribution in [0.5, 0.6) is 0 Å². The zero-order valence-corrected chi connectivity index (χ0v) is 18.1. The molecule has 1 saturated heterocycles. The number of halogens is 3. The Labute approximate surface area is 193 Å². The molecule has 1 unspecified atom stereocenters. The lowest BCUT2D eigenvalue weighted by molar-refractivity contribution is -0.137. The number of carbonyl (C=O) groups is 2. The maximum atomic E-state index is 13.5. The summed E-state index contributed by atoms with van der Waals surface area (Å²) in [5.74, 6) is -0.862. The van der Waals surface area contributed by atoms with E-state index < -0.39 is 11.7 Å². The van der Waals surface area contributed by atoms with Crippen LogP contribution in [0.4, 0.5) is 36.3 Å². The number of rotatable bonds is 6. The predicted octanol–water partition coefficient (Wildman–Crippen LogP) is 3.30. The summed E-state index contributed by atoms with van der Waals surface area (Å²) in [4.78, 5) is 33.0. The van der Waals surface area contributed by atoms with E-state index in [-0.39, 0.29) is 48.9 Å². The van der Waals surface area contributed by atoms with Gasteiger partial charge in [0.05, 0.1) is 12.5 Å². The Balaban J connectivity index is 1.48. The number of aromatic nitrogens is 2. The molecule has 2 aliphatic heterocycles. The Morgan fingerprint density at radius 2 is 2.18 bits per heavy atom. The summed E-state index contributed by atoms with van der Waals surface area (Å²) < 4.78 is 40.6. The number of nitrogens with one attached hydrogen (secondary N) is 3. The highest BCUT2D eigenvalue weighted by Gasteiger charge is 2.35. The van der Waals surface area contributed by atoms with Gasteiger partial charge in [-0.1, -0.05) is 0 Å². The van der Waals surface area contributed by atoms with Gasteiger partial charge in [0, 0.05) is 37.2 Å². The van der Waals surface area contributed by atoms with Gasteiger partial charge in [0.15, 0.2) is 0 Å². The second-order valence-electron chi connectivity index (χ2n) is 8.24. The summed E-state index contributed by atoms with van der Waals surface area (Å²) in [6, 6.07) is 6.92. The highest BCUT2D eigenvalue weighted by molar-refractivity contribution is 5.99. The summed E-state index contributed by atoms with van der Waals surface area (Å²) in [6.07, 6.45) is -2.47. The Morgan fingerprint density at radius 1 is 1.35 bits per heavy atom. The Bertz CT molecular complexity index is 1150. The maximum Gasteiger partial charge on any atom is 0.421 e. The van der Waals surface area contributed by atoms with Crippen LogP contribution in [0.3, 0.4) is 0 Å². The van der Waals surface area contributed by atoms with Crippen molar-refractivity contribution < 1.29 is 22.8 Å². The molecule has 1 atom stereocenters. The first kappa shape index (κ1) is 23.3. The van der Waals surface area contributed by atoms with Crippen molar-refractivity contribution in [2.75, 3.05) is 35.6 Å². The Kier molecular flexibility index (Phi) is 6.54. The standard InChI is InChI=1S/C22H22F3N7O2/c23-22(24,25)16-11-28-21(29-15-3-4-17-14(8-15)9-18(33)30-17)31-20(16)27-10-13-2-1-7-32(12-13)19(34)5-6-26/h3-4,8,11,13H,1-2,5,7,9-10,12H2,(H,30,33)(H2,27,28,29,31). The summed E-state index contributed by atoms with van der Waals surface area (Å²) in [7, 11) is 0. The van der Waals surface area contributed by atoms with E-state index in [2.05, 4.69) is 25.9 Å². The smallest absolute Gasteiger partial charge is 0.369 e. The van der Waals surface area contributed by atoms with Crippen molar-refractivity contribution in [3.63, 3.8) is 0 Å². The first-order valence-electron chi connectivity index (χ1n) is 10.8. The van der Waals surface area contributed by atoms with Gasteiger partial charge in [0.25, 0.3) is 0 Å². The van der Waals surface area contributed by atoms with Crippen LogP contribution in [-0.4, -0.2) is 46.3 Å². The molecule has 0 aliphatic carbocycles. The van der Waals surface area contributed by atoms with Gasteiger partial charge in [-0.25, -0.2) is 4.98 Å². The minimum atomic E-state index is -4.65. The molecule has 1 aromatic heterocycles. The number of nitrogens with zero attached hydrogens (tertiary/aromatic N) is 4. The van der Waals surface area contributed by atoms with E-state index in [1.165, 1.54) is 0 Å². The number of hydrogen-bond donors (Lipinski definition) is 3. The third-order valence-corrected chi connectivity index (χ3v) is 5.74. The average molecular weight is 473 g/mol. The molecule has 3 N–H and O–H groups in total. The van der Waals surface area contributed by atoms with Crippen LogP contribution in [0, 0.1) is 17.2 Å². The van der Waals surface area contributed by atoms with Gasteiger partial charge < -0.3 is 20.9 Å². The fraction of sp³-hybridized carbons (Fsp3) is 0.409. The van der Waals surface area contributed by atoms with E-state index >= 15 is 0 Å². The van der Waals surface area contributed by atoms with Crippen molar-refractivity contribution in [2.45, 2.75) is 31.9 Å². The van der Waals surface area contributed by atoms with Crippen LogP contribution in [0.15, 0.2) is 24.4 Å². The van der Waals surface area contributed by atoms with Crippen LogP contribution >= 0.6 is 0 Å². The molecule has 2 aromatic rings. The molecule has 1 fully saturated rings. The SMILES string of the molecule is N#CCC(=O)N1CCCC(CNc2nc(Nc3ccc4c(c3)CC(=O)N4)ncc2C(F)(F)F)C1. The molecule has 4 rings (SSSR count). The minimum absolute atomic E-state index is 0.0257. The second kappa shape index (κ2) is 9.54. The summed E-state index contributed by atoms with van der Waals surface area (Å²) in [5.41, 5.74) is 1.02. The van der Waals surface area contributed by atoms with Gasteiger partial charge in [0.2, 0.25) is 17.8 Å². The molecule has 9 nitrogen and oxygen atoms in total. The van der Waals surface area contributed by atoms with Crippen LogP contribution in [-0.2, 0) is 22.2 Å². The number of amides is 2. The normalized spacial score (nSPS) is 17.5. The number of piperidine rings is 1. The molecule has 0 spiro atoms. The molecule has 178 valence electrons. The average Bonchev–Trinajstić information content (AvgIpc) is 3.16. The van der Waals surface area contributed by atoms with E-state index in [1.54, 1.807) is 23.1 Å². The lowest BCUT2D eigenvalue weighted by atomic mass is 9.97. The van der Waals surface area contributed by atoms with Crippen molar-refractivity contribution in [2.24, 2.45) is 5.92 Å². The third kappa shape index (κ3) is 5.36. The minimum Gasteiger partial charge on any atom is -0.369 e. The predicted molar refractivity (Wildman–Crippen MR) is 117 cm³/mol. The van der Waals surface area contributed by atoms with Crippen molar-refractivity contribution in [3.05, 3.63) is 35.5 Å². The number of anilines is 4. The first-order valence-corrected chi connectivity index (χ1v) is 10.8. The van der Waals surface area contributed by atoms with E-state index in [1.807, 2.05) is 6.07 Å². The lowest BCUT2D eigenvalue weighted by Gasteiger charge is -2.32. The first-order chi connectivity index (χ1) is 16.2. The van der Waals surface area contributed by atoms with E-state index in [0.29, 0.717) is 30.9 Å². The van der Waals surface area contributed by atoms with Gasteiger partial charge in [-0.15, -0.1) is 0 Å². The zero-order valence-electron chi connectivity index (χ0n) is 18.1. The lowest BCUT2D eigenvalue weighted by Crippen LogP contribution is -2.41. The fourth-order valence-corrected chi connectivity index (χ4v) is 4.10.